The average molecular weight is 197 g/mol. The van der Waals surface area contributed by atoms with E-state index >= 15 is 0 Å². The van der Waals surface area contributed by atoms with Crippen LogP contribution in [0.3, 0.4) is 0 Å². The van der Waals surface area contributed by atoms with Gasteiger partial charge in [-0.1, -0.05) is 13.8 Å². The Hall–Kier alpha value is -1.46. The highest BCUT2D eigenvalue weighted by atomic mass is 16.2. The highest BCUT2D eigenvalue weighted by molar-refractivity contribution is 5.89. The summed E-state index contributed by atoms with van der Waals surface area (Å²) >= 11 is 0. The zero-order valence-electron chi connectivity index (χ0n) is 8.45. The molecule has 1 aromatic rings. The van der Waals surface area contributed by atoms with Crippen LogP contribution in [0.4, 0.5) is 0 Å². The second kappa shape index (κ2) is 5.31. The first-order chi connectivity index (χ1) is 6.70. The van der Waals surface area contributed by atoms with Crippen molar-refractivity contribution < 1.29 is 4.79 Å². The van der Waals surface area contributed by atoms with Gasteiger partial charge in [-0.05, 0) is 24.0 Å². The lowest BCUT2D eigenvalue weighted by atomic mass is 10.1. The number of tetrazole rings is 1. The van der Waals surface area contributed by atoms with Crippen molar-refractivity contribution in [3.8, 4) is 0 Å². The van der Waals surface area contributed by atoms with Gasteiger partial charge in [-0.25, -0.2) is 0 Å². The third-order valence-corrected chi connectivity index (χ3v) is 1.79. The van der Waals surface area contributed by atoms with Crippen molar-refractivity contribution in [1.29, 1.82) is 0 Å². The van der Waals surface area contributed by atoms with Gasteiger partial charge in [0.1, 0.15) is 0 Å². The van der Waals surface area contributed by atoms with Gasteiger partial charge in [0.05, 0.1) is 0 Å². The number of aromatic amines is 1. The lowest BCUT2D eigenvalue weighted by Gasteiger charge is -2.04. The van der Waals surface area contributed by atoms with Crippen molar-refractivity contribution >= 4 is 5.91 Å². The molecule has 1 rings (SSSR count). The Morgan fingerprint density at radius 2 is 2.36 bits per heavy atom. The van der Waals surface area contributed by atoms with Crippen LogP contribution in [0.25, 0.3) is 0 Å². The molecule has 0 fully saturated rings. The van der Waals surface area contributed by atoms with Crippen molar-refractivity contribution in [3.63, 3.8) is 0 Å². The van der Waals surface area contributed by atoms with Crippen molar-refractivity contribution in [2.24, 2.45) is 5.92 Å². The quantitative estimate of drug-likeness (QED) is 0.668. The standard InChI is InChI=1S/C8H15N5O/c1-6(2)4-3-5-9-8(14)7-10-12-13-11-7/h6H,3-5H2,1-2H3,(H,9,14)(H,10,11,12,13). The summed E-state index contributed by atoms with van der Waals surface area (Å²) in [5.41, 5.74) is 0. The summed E-state index contributed by atoms with van der Waals surface area (Å²) in [6.45, 7) is 4.97. The van der Waals surface area contributed by atoms with Crippen molar-refractivity contribution in [1.82, 2.24) is 25.9 Å². The second-order valence-electron chi connectivity index (χ2n) is 3.53. The molecule has 0 aliphatic heterocycles. The predicted molar refractivity (Wildman–Crippen MR) is 50.6 cm³/mol. The van der Waals surface area contributed by atoms with Crippen LogP contribution in [0.15, 0.2) is 0 Å². The molecule has 1 amide bonds. The van der Waals surface area contributed by atoms with Gasteiger partial charge >= 0.3 is 0 Å². The molecule has 0 radical (unpaired) electrons. The Kier molecular flexibility index (Phi) is 4.03. The number of hydrogen-bond donors (Lipinski definition) is 2. The van der Waals surface area contributed by atoms with E-state index in [9.17, 15) is 4.79 Å². The normalized spacial score (nSPS) is 10.5. The van der Waals surface area contributed by atoms with E-state index in [1.54, 1.807) is 0 Å². The first kappa shape index (κ1) is 10.6. The molecule has 0 saturated carbocycles. The Labute approximate surface area is 82.5 Å². The van der Waals surface area contributed by atoms with Gasteiger partial charge in [0.15, 0.2) is 0 Å². The molecule has 0 bridgehead atoms. The third kappa shape index (κ3) is 3.51. The number of amides is 1. The topological polar surface area (TPSA) is 83.6 Å². The van der Waals surface area contributed by atoms with Crippen LogP contribution in [0.2, 0.25) is 0 Å². The van der Waals surface area contributed by atoms with Crippen LogP contribution in [-0.4, -0.2) is 33.1 Å². The van der Waals surface area contributed by atoms with E-state index in [2.05, 4.69) is 39.8 Å². The van der Waals surface area contributed by atoms with Crippen LogP contribution >= 0.6 is 0 Å². The van der Waals surface area contributed by atoms with E-state index in [-0.39, 0.29) is 11.7 Å². The molecule has 2 N–H and O–H groups in total. The number of rotatable bonds is 5. The lowest BCUT2D eigenvalue weighted by molar-refractivity contribution is 0.0942. The van der Waals surface area contributed by atoms with Crippen LogP contribution in [0.5, 0.6) is 0 Å². The van der Waals surface area contributed by atoms with E-state index in [4.69, 9.17) is 0 Å². The summed E-state index contributed by atoms with van der Waals surface area (Å²) in [5, 5.41) is 15.4. The Balaban J connectivity index is 2.16. The summed E-state index contributed by atoms with van der Waals surface area (Å²) in [4.78, 5) is 11.3. The van der Waals surface area contributed by atoms with Crippen molar-refractivity contribution in [3.05, 3.63) is 5.82 Å². The number of H-pyrrole nitrogens is 1. The maximum absolute atomic E-state index is 11.3. The fourth-order valence-corrected chi connectivity index (χ4v) is 1.05. The number of aromatic nitrogens is 4. The number of nitrogens with one attached hydrogen (secondary N) is 2. The predicted octanol–water partition coefficient (Wildman–Crippen LogP) is 0.366. The molecule has 0 aliphatic rings. The van der Waals surface area contributed by atoms with E-state index in [0.717, 1.165) is 12.8 Å². The monoisotopic (exact) mass is 197 g/mol. The minimum Gasteiger partial charge on any atom is -0.349 e. The van der Waals surface area contributed by atoms with Crippen molar-refractivity contribution in [2.75, 3.05) is 6.54 Å². The van der Waals surface area contributed by atoms with Gasteiger partial charge in [-0.2, -0.15) is 5.21 Å². The van der Waals surface area contributed by atoms with Crippen LogP contribution in [-0.2, 0) is 0 Å². The molecule has 0 atom stereocenters. The number of carbonyl (C=O) groups is 1. The molecule has 0 spiro atoms. The lowest BCUT2D eigenvalue weighted by Crippen LogP contribution is -2.25. The molecule has 6 nitrogen and oxygen atoms in total. The largest absolute Gasteiger partial charge is 0.349 e. The zero-order chi connectivity index (χ0) is 10.4. The van der Waals surface area contributed by atoms with Gasteiger partial charge in [-0.15, -0.1) is 10.2 Å². The van der Waals surface area contributed by atoms with E-state index in [1.165, 1.54) is 0 Å². The molecule has 78 valence electrons. The van der Waals surface area contributed by atoms with Crippen LogP contribution in [0, 0.1) is 5.92 Å². The van der Waals surface area contributed by atoms with Gasteiger partial charge in [0.25, 0.3) is 11.7 Å². The van der Waals surface area contributed by atoms with Gasteiger partial charge in [0.2, 0.25) is 0 Å². The Morgan fingerprint density at radius 1 is 1.57 bits per heavy atom. The highest BCUT2D eigenvalue weighted by Gasteiger charge is 2.08. The second-order valence-corrected chi connectivity index (χ2v) is 3.53. The number of carbonyl (C=O) groups excluding carboxylic acids is 1. The van der Waals surface area contributed by atoms with Gasteiger partial charge < -0.3 is 5.32 Å². The minimum absolute atomic E-state index is 0.0922. The first-order valence-electron chi connectivity index (χ1n) is 4.72. The van der Waals surface area contributed by atoms with Crippen LogP contribution < -0.4 is 5.32 Å². The summed E-state index contributed by atoms with van der Waals surface area (Å²) < 4.78 is 0. The van der Waals surface area contributed by atoms with Crippen LogP contribution in [0.1, 0.15) is 37.3 Å². The van der Waals surface area contributed by atoms with Gasteiger partial charge in [-0.3, -0.25) is 4.79 Å². The molecule has 6 heteroatoms. The SMILES string of the molecule is CC(C)CCCNC(=O)c1nn[nH]n1. The highest BCUT2D eigenvalue weighted by Crippen LogP contribution is 2.01. The molecule has 0 unspecified atom stereocenters. The average Bonchev–Trinajstić information content (AvgIpc) is 2.64. The molecular formula is C8H15N5O. The summed E-state index contributed by atoms with van der Waals surface area (Å²) in [6.07, 6.45) is 2.08. The molecule has 0 saturated heterocycles. The molecule has 0 aromatic carbocycles. The first-order valence-corrected chi connectivity index (χ1v) is 4.72. The fraction of sp³-hybridized carbons (Fsp3) is 0.750. The minimum atomic E-state index is -0.275. The van der Waals surface area contributed by atoms with E-state index in [1.807, 2.05) is 0 Å². The molecular weight excluding hydrogens is 182 g/mol. The summed E-state index contributed by atoms with van der Waals surface area (Å²) in [7, 11) is 0. The Morgan fingerprint density at radius 3 is 2.93 bits per heavy atom. The van der Waals surface area contributed by atoms with E-state index in [0.29, 0.717) is 12.5 Å². The summed E-state index contributed by atoms with van der Waals surface area (Å²) in [6, 6.07) is 0. The van der Waals surface area contributed by atoms with E-state index < -0.39 is 0 Å². The number of nitrogens with zero attached hydrogens (tertiary/aromatic N) is 3. The molecule has 1 aromatic heterocycles. The molecule has 0 aliphatic carbocycles. The smallest absolute Gasteiger partial charge is 0.292 e. The Bertz CT molecular complexity index is 269. The molecule has 1 heterocycles. The number of hydrogen-bond acceptors (Lipinski definition) is 4. The maximum atomic E-state index is 11.3. The fourth-order valence-electron chi connectivity index (χ4n) is 1.05. The third-order valence-electron chi connectivity index (χ3n) is 1.79. The maximum Gasteiger partial charge on any atom is 0.292 e. The van der Waals surface area contributed by atoms with Gasteiger partial charge in [0, 0.05) is 6.54 Å². The van der Waals surface area contributed by atoms with Crippen molar-refractivity contribution in [2.45, 2.75) is 26.7 Å². The molecule has 14 heavy (non-hydrogen) atoms. The zero-order valence-corrected chi connectivity index (χ0v) is 8.45. The summed E-state index contributed by atoms with van der Waals surface area (Å²) in [5.74, 6) is 0.481.